The molecule has 0 saturated carbocycles. The van der Waals surface area contributed by atoms with Crippen molar-refractivity contribution in [3.63, 3.8) is 0 Å². The van der Waals surface area contributed by atoms with E-state index in [0.717, 1.165) is 0 Å². The SMILES string of the molecule is CC(C)(Cn1ccc(Br)cc1=O)C(=O)O. The highest BCUT2D eigenvalue weighted by atomic mass is 79.9. The summed E-state index contributed by atoms with van der Waals surface area (Å²) in [5.74, 6) is -0.919. The highest BCUT2D eigenvalue weighted by Crippen LogP contribution is 2.17. The molecule has 0 spiro atoms. The number of carboxylic acids is 1. The minimum Gasteiger partial charge on any atom is -0.481 e. The summed E-state index contributed by atoms with van der Waals surface area (Å²) >= 11 is 3.18. The fourth-order valence-corrected chi connectivity index (χ4v) is 1.42. The van der Waals surface area contributed by atoms with Crippen LogP contribution in [0.2, 0.25) is 0 Å². The van der Waals surface area contributed by atoms with Gasteiger partial charge in [0.25, 0.3) is 5.56 Å². The summed E-state index contributed by atoms with van der Waals surface area (Å²) in [7, 11) is 0. The lowest BCUT2D eigenvalue weighted by Crippen LogP contribution is -2.33. The van der Waals surface area contributed by atoms with Crippen molar-refractivity contribution in [1.82, 2.24) is 4.57 Å². The molecule has 0 unspecified atom stereocenters. The topological polar surface area (TPSA) is 59.3 Å². The molecule has 15 heavy (non-hydrogen) atoms. The average molecular weight is 274 g/mol. The minimum absolute atomic E-state index is 0.161. The van der Waals surface area contributed by atoms with Crippen molar-refractivity contribution in [3.8, 4) is 0 Å². The number of hydrogen-bond acceptors (Lipinski definition) is 2. The molecule has 1 aromatic rings. The maximum absolute atomic E-state index is 11.5. The van der Waals surface area contributed by atoms with Gasteiger partial charge in [0.15, 0.2) is 0 Å². The second-order valence-electron chi connectivity index (χ2n) is 4.00. The lowest BCUT2D eigenvalue weighted by atomic mass is 9.94. The maximum Gasteiger partial charge on any atom is 0.310 e. The van der Waals surface area contributed by atoms with Gasteiger partial charge in [-0.1, -0.05) is 15.9 Å². The van der Waals surface area contributed by atoms with Crippen molar-refractivity contribution in [2.24, 2.45) is 5.41 Å². The summed E-state index contributed by atoms with van der Waals surface area (Å²) in [6.45, 7) is 3.34. The molecule has 0 bridgehead atoms. The van der Waals surface area contributed by atoms with E-state index >= 15 is 0 Å². The van der Waals surface area contributed by atoms with Crippen LogP contribution in [0.4, 0.5) is 0 Å². The first kappa shape index (κ1) is 12.0. The molecule has 0 atom stereocenters. The quantitative estimate of drug-likeness (QED) is 0.913. The first-order valence-corrected chi connectivity index (χ1v) is 5.21. The van der Waals surface area contributed by atoms with Crippen LogP contribution < -0.4 is 5.56 Å². The standard InChI is InChI=1S/C10H12BrNO3/c1-10(2,9(14)15)6-12-4-3-7(11)5-8(12)13/h3-5H,6H2,1-2H3,(H,14,15). The predicted octanol–water partition coefficient (Wildman–Crippen LogP) is 1.72. The second kappa shape index (κ2) is 4.18. The molecule has 1 heterocycles. The Balaban J connectivity index is 3.00. The number of pyridine rings is 1. The van der Waals surface area contributed by atoms with Crippen molar-refractivity contribution in [1.29, 1.82) is 0 Å². The van der Waals surface area contributed by atoms with E-state index in [1.165, 1.54) is 10.6 Å². The van der Waals surface area contributed by atoms with Crippen molar-refractivity contribution < 1.29 is 9.90 Å². The Bertz CT molecular complexity index is 437. The molecule has 0 saturated heterocycles. The molecular weight excluding hydrogens is 262 g/mol. The summed E-state index contributed by atoms with van der Waals surface area (Å²) in [6, 6.07) is 3.12. The zero-order chi connectivity index (χ0) is 11.6. The third kappa shape index (κ3) is 2.92. The van der Waals surface area contributed by atoms with E-state index in [2.05, 4.69) is 15.9 Å². The molecule has 0 aliphatic rings. The number of aliphatic carboxylic acids is 1. The molecular formula is C10H12BrNO3. The molecule has 0 fully saturated rings. The lowest BCUT2D eigenvalue weighted by molar-refractivity contribution is -0.147. The van der Waals surface area contributed by atoms with Gasteiger partial charge in [0, 0.05) is 23.3 Å². The summed E-state index contributed by atoms with van der Waals surface area (Å²) in [5.41, 5.74) is -1.16. The third-order valence-electron chi connectivity index (χ3n) is 2.10. The van der Waals surface area contributed by atoms with Crippen molar-refractivity contribution in [2.75, 3.05) is 0 Å². The lowest BCUT2D eigenvalue weighted by Gasteiger charge is -2.20. The molecule has 0 aliphatic carbocycles. The van der Waals surface area contributed by atoms with Gasteiger partial charge in [0.05, 0.1) is 5.41 Å². The molecule has 0 aromatic carbocycles. The normalized spacial score (nSPS) is 11.4. The van der Waals surface area contributed by atoms with Crippen LogP contribution in [0, 0.1) is 5.41 Å². The summed E-state index contributed by atoms with van der Waals surface area (Å²) in [6.07, 6.45) is 1.58. The molecule has 5 heteroatoms. The molecule has 1 N–H and O–H groups in total. The molecule has 0 radical (unpaired) electrons. The van der Waals surface area contributed by atoms with E-state index in [1.807, 2.05) is 0 Å². The van der Waals surface area contributed by atoms with Crippen molar-refractivity contribution in [3.05, 3.63) is 33.2 Å². The van der Waals surface area contributed by atoms with Crippen LogP contribution in [0.3, 0.4) is 0 Å². The summed E-state index contributed by atoms with van der Waals surface area (Å²) in [5, 5.41) is 8.92. The number of nitrogens with zero attached hydrogens (tertiary/aromatic N) is 1. The Kier molecular flexibility index (Phi) is 3.34. The van der Waals surface area contributed by atoms with Gasteiger partial charge in [-0.25, -0.2) is 0 Å². The predicted molar refractivity (Wildman–Crippen MR) is 59.8 cm³/mol. The number of carbonyl (C=O) groups is 1. The van der Waals surface area contributed by atoms with Crippen LogP contribution >= 0.6 is 15.9 Å². The maximum atomic E-state index is 11.5. The Hall–Kier alpha value is -1.10. The fourth-order valence-electron chi connectivity index (χ4n) is 1.11. The minimum atomic E-state index is -0.947. The summed E-state index contributed by atoms with van der Waals surface area (Å²) < 4.78 is 2.08. The smallest absolute Gasteiger partial charge is 0.310 e. The number of hydrogen-bond donors (Lipinski definition) is 1. The fraction of sp³-hybridized carbons (Fsp3) is 0.400. The first-order chi connectivity index (χ1) is 6.83. The molecule has 1 aromatic heterocycles. The molecule has 82 valence electrons. The highest BCUT2D eigenvalue weighted by molar-refractivity contribution is 9.10. The number of aromatic nitrogens is 1. The first-order valence-electron chi connectivity index (χ1n) is 4.42. The van der Waals surface area contributed by atoms with E-state index in [4.69, 9.17) is 5.11 Å². The monoisotopic (exact) mass is 273 g/mol. The van der Waals surface area contributed by atoms with E-state index < -0.39 is 11.4 Å². The Morgan fingerprint density at radius 2 is 2.20 bits per heavy atom. The van der Waals surface area contributed by atoms with Crippen LogP contribution in [0.1, 0.15) is 13.8 Å². The Morgan fingerprint density at radius 3 is 2.67 bits per heavy atom. The van der Waals surface area contributed by atoms with Gasteiger partial charge in [0.1, 0.15) is 0 Å². The van der Waals surface area contributed by atoms with E-state index in [1.54, 1.807) is 26.1 Å². The second-order valence-corrected chi connectivity index (χ2v) is 4.92. The third-order valence-corrected chi connectivity index (χ3v) is 2.60. The number of rotatable bonds is 3. The molecule has 1 rings (SSSR count). The largest absolute Gasteiger partial charge is 0.481 e. The number of carboxylic acid groups (broad SMARTS) is 1. The van der Waals surface area contributed by atoms with Gasteiger partial charge in [0.2, 0.25) is 0 Å². The van der Waals surface area contributed by atoms with Gasteiger partial charge in [-0.05, 0) is 19.9 Å². The van der Waals surface area contributed by atoms with Gasteiger partial charge >= 0.3 is 5.97 Å². The number of halogens is 1. The van der Waals surface area contributed by atoms with E-state index in [0.29, 0.717) is 4.47 Å². The highest BCUT2D eigenvalue weighted by Gasteiger charge is 2.27. The van der Waals surface area contributed by atoms with Crippen LogP contribution in [-0.2, 0) is 11.3 Å². The van der Waals surface area contributed by atoms with Crippen molar-refractivity contribution >= 4 is 21.9 Å². The Labute approximate surface area is 95.7 Å². The van der Waals surface area contributed by atoms with Gasteiger partial charge in [-0.15, -0.1) is 0 Å². The van der Waals surface area contributed by atoms with Gasteiger partial charge in [-0.3, -0.25) is 9.59 Å². The zero-order valence-electron chi connectivity index (χ0n) is 8.53. The van der Waals surface area contributed by atoms with Crippen LogP contribution in [0.5, 0.6) is 0 Å². The van der Waals surface area contributed by atoms with Crippen LogP contribution in [0.15, 0.2) is 27.6 Å². The molecule has 0 amide bonds. The zero-order valence-corrected chi connectivity index (χ0v) is 10.1. The van der Waals surface area contributed by atoms with E-state index in [-0.39, 0.29) is 12.1 Å². The average Bonchev–Trinajstić information content (AvgIpc) is 2.09. The van der Waals surface area contributed by atoms with Crippen LogP contribution in [0.25, 0.3) is 0 Å². The van der Waals surface area contributed by atoms with Gasteiger partial charge in [-0.2, -0.15) is 0 Å². The Morgan fingerprint density at radius 1 is 1.60 bits per heavy atom. The van der Waals surface area contributed by atoms with E-state index in [9.17, 15) is 9.59 Å². The van der Waals surface area contributed by atoms with Crippen molar-refractivity contribution in [2.45, 2.75) is 20.4 Å². The van der Waals surface area contributed by atoms with Crippen LogP contribution in [-0.4, -0.2) is 15.6 Å². The molecule has 0 aliphatic heterocycles. The summed E-state index contributed by atoms with van der Waals surface area (Å²) in [4.78, 5) is 22.4. The molecule has 4 nitrogen and oxygen atoms in total. The van der Waals surface area contributed by atoms with Gasteiger partial charge < -0.3 is 9.67 Å².